The van der Waals surface area contributed by atoms with E-state index in [-0.39, 0.29) is 13.1 Å². The summed E-state index contributed by atoms with van der Waals surface area (Å²) in [5.41, 5.74) is 15.7. The Balaban J connectivity index is 4.08. The van der Waals surface area contributed by atoms with Crippen LogP contribution in [0.3, 0.4) is 0 Å². The number of hydrogen-bond donors (Lipinski definition) is 5. The van der Waals surface area contributed by atoms with Gasteiger partial charge in [0.2, 0.25) is 5.91 Å². The Morgan fingerprint density at radius 2 is 1.93 bits per heavy atom. The molecule has 0 heterocycles. The predicted molar refractivity (Wildman–Crippen MR) is 50.3 cm³/mol. The first kappa shape index (κ1) is 12.8. The van der Waals surface area contributed by atoms with Crippen LogP contribution in [-0.4, -0.2) is 42.2 Å². The molecule has 0 saturated carbocycles. The highest BCUT2D eigenvalue weighted by atomic mass is 16.4. The summed E-state index contributed by atoms with van der Waals surface area (Å²) in [5, 5.41) is 10.8. The number of hydrogen-bond acceptors (Lipinski definition) is 5. The lowest BCUT2D eigenvalue weighted by molar-refractivity contribution is -0.141. The molecule has 0 fully saturated rings. The van der Waals surface area contributed by atoms with Crippen LogP contribution in [-0.2, 0) is 9.59 Å². The molecule has 14 heavy (non-hydrogen) atoms. The lowest BCUT2D eigenvalue weighted by Crippen LogP contribution is -2.51. The molecule has 0 spiro atoms. The third-order valence-electron chi connectivity index (χ3n) is 1.66. The fraction of sp³-hybridized carbons (Fsp3) is 0.714. The maximum atomic E-state index is 11.2. The van der Waals surface area contributed by atoms with Crippen LogP contribution in [0.5, 0.6) is 0 Å². The molecule has 2 atom stereocenters. The van der Waals surface area contributed by atoms with Crippen molar-refractivity contribution in [1.29, 1.82) is 0 Å². The van der Waals surface area contributed by atoms with Crippen LogP contribution in [0.15, 0.2) is 0 Å². The molecule has 0 unspecified atom stereocenters. The first-order chi connectivity index (χ1) is 6.52. The van der Waals surface area contributed by atoms with E-state index in [9.17, 15) is 9.59 Å². The van der Waals surface area contributed by atoms with E-state index < -0.39 is 24.0 Å². The molecule has 82 valence electrons. The van der Waals surface area contributed by atoms with Crippen LogP contribution in [0.2, 0.25) is 0 Å². The van der Waals surface area contributed by atoms with Gasteiger partial charge in [0, 0.05) is 6.54 Å². The average Bonchev–Trinajstić information content (AvgIpc) is 2.13. The molecule has 0 saturated heterocycles. The van der Waals surface area contributed by atoms with Gasteiger partial charge in [0.15, 0.2) is 0 Å². The molecule has 1 amide bonds. The van der Waals surface area contributed by atoms with Crippen LogP contribution in [0.1, 0.15) is 6.42 Å². The summed E-state index contributed by atoms with van der Waals surface area (Å²) >= 11 is 0. The topological polar surface area (TPSA) is 144 Å². The van der Waals surface area contributed by atoms with Gasteiger partial charge in [-0.3, -0.25) is 4.79 Å². The molecule has 0 aliphatic carbocycles. The highest BCUT2D eigenvalue weighted by molar-refractivity contribution is 5.86. The molecule has 0 aromatic carbocycles. The molecule has 0 rings (SSSR count). The number of rotatable bonds is 6. The van der Waals surface area contributed by atoms with Crippen LogP contribution < -0.4 is 22.5 Å². The van der Waals surface area contributed by atoms with Gasteiger partial charge in [0.05, 0.1) is 6.04 Å². The summed E-state index contributed by atoms with van der Waals surface area (Å²) in [5.74, 6) is -1.73. The molecule has 8 N–H and O–H groups in total. The smallest absolute Gasteiger partial charge is 0.327 e. The van der Waals surface area contributed by atoms with Gasteiger partial charge in [-0.15, -0.1) is 0 Å². The van der Waals surface area contributed by atoms with E-state index in [1.54, 1.807) is 0 Å². The highest BCUT2D eigenvalue weighted by Crippen LogP contribution is 1.88. The van der Waals surface area contributed by atoms with E-state index in [1.165, 1.54) is 0 Å². The van der Waals surface area contributed by atoms with Gasteiger partial charge in [-0.05, 0) is 13.0 Å². The van der Waals surface area contributed by atoms with Gasteiger partial charge in [0.1, 0.15) is 6.04 Å². The lowest BCUT2D eigenvalue weighted by Gasteiger charge is -2.15. The minimum Gasteiger partial charge on any atom is -0.480 e. The second-order valence-corrected chi connectivity index (χ2v) is 2.82. The highest BCUT2D eigenvalue weighted by Gasteiger charge is 2.21. The Morgan fingerprint density at radius 1 is 1.36 bits per heavy atom. The Morgan fingerprint density at radius 3 is 2.29 bits per heavy atom. The number of carboxylic acid groups (broad SMARTS) is 1. The standard InChI is InChI=1S/C7H16N4O3/c8-2-1-4(10)6(12)11-5(3-9)7(13)14/h4-5H,1-3,8-10H2,(H,11,12)(H,13,14)/t4-,5-/m0/s1. The number of nitrogens with one attached hydrogen (secondary N) is 1. The summed E-state index contributed by atoms with van der Waals surface area (Å²) in [7, 11) is 0. The molecule has 7 nitrogen and oxygen atoms in total. The number of carbonyl (C=O) groups excluding carboxylic acids is 1. The predicted octanol–water partition coefficient (Wildman–Crippen LogP) is -2.81. The fourth-order valence-electron chi connectivity index (χ4n) is 0.811. The number of carbonyl (C=O) groups is 2. The van der Waals surface area contributed by atoms with Crippen molar-refractivity contribution in [3.8, 4) is 0 Å². The summed E-state index contributed by atoms with van der Waals surface area (Å²) in [6.07, 6.45) is 0.308. The maximum absolute atomic E-state index is 11.2. The van der Waals surface area contributed by atoms with Crippen molar-refractivity contribution in [2.45, 2.75) is 18.5 Å². The van der Waals surface area contributed by atoms with Crippen LogP contribution >= 0.6 is 0 Å². The largest absolute Gasteiger partial charge is 0.480 e. The van der Waals surface area contributed by atoms with Gasteiger partial charge >= 0.3 is 5.97 Å². The molecule has 0 aromatic rings. The molecule has 0 aliphatic rings. The number of nitrogens with two attached hydrogens (primary N) is 3. The van der Waals surface area contributed by atoms with Crippen molar-refractivity contribution in [3.05, 3.63) is 0 Å². The van der Waals surface area contributed by atoms with Crippen LogP contribution in [0.4, 0.5) is 0 Å². The summed E-state index contributed by atoms with van der Waals surface area (Å²) in [6, 6.07) is -1.88. The minimum absolute atomic E-state index is 0.170. The fourth-order valence-corrected chi connectivity index (χ4v) is 0.811. The first-order valence-electron chi connectivity index (χ1n) is 4.21. The number of amides is 1. The van der Waals surface area contributed by atoms with Crippen molar-refractivity contribution in [2.24, 2.45) is 17.2 Å². The minimum atomic E-state index is -1.18. The van der Waals surface area contributed by atoms with E-state index in [1.807, 2.05) is 0 Å². The van der Waals surface area contributed by atoms with Gasteiger partial charge in [-0.1, -0.05) is 0 Å². The monoisotopic (exact) mass is 204 g/mol. The summed E-state index contributed by atoms with van der Waals surface area (Å²) < 4.78 is 0. The maximum Gasteiger partial charge on any atom is 0.327 e. The molecule has 0 aliphatic heterocycles. The van der Waals surface area contributed by atoms with Gasteiger partial charge in [0.25, 0.3) is 0 Å². The van der Waals surface area contributed by atoms with E-state index in [4.69, 9.17) is 22.3 Å². The number of carboxylic acids is 1. The molecule has 0 aromatic heterocycles. The summed E-state index contributed by atoms with van der Waals surface area (Å²) in [4.78, 5) is 21.7. The molecule has 0 radical (unpaired) electrons. The quantitative estimate of drug-likeness (QED) is 0.316. The van der Waals surface area contributed by atoms with Crippen molar-refractivity contribution in [1.82, 2.24) is 5.32 Å². The van der Waals surface area contributed by atoms with E-state index >= 15 is 0 Å². The third kappa shape index (κ3) is 4.17. The van der Waals surface area contributed by atoms with Crippen molar-refractivity contribution in [3.63, 3.8) is 0 Å². The zero-order valence-corrected chi connectivity index (χ0v) is 7.77. The van der Waals surface area contributed by atoms with E-state index in [0.29, 0.717) is 6.42 Å². The van der Waals surface area contributed by atoms with Crippen LogP contribution in [0.25, 0.3) is 0 Å². The van der Waals surface area contributed by atoms with Gasteiger partial charge in [-0.2, -0.15) is 0 Å². The molecule has 7 heteroatoms. The Kier molecular flexibility index (Phi) is 5.77. The first-order valence-corrected chi connectivity index (χ1v) is 4.21. The zero-order valence-electron chi connectivity index (χ0n) is 7.77. The Hall–Kier alpha value is -1.18. The SMILES string of the molecule is NCC[C@H](N)C(=O)N[C@@H](CN)C(=O)O. The van der Waals surface area contributed by atoms with E-state index in [0.717, 1.165) is 0 Å². The molecular formula is C7H16N4O3. The number of aliphatic carboxylic acids is 1. The third-order valence-corrected chi connectivity index (χ3v) is 1.66. The Labute approximate surface area is 81.6 Å². The van der Waals surface area contributed by atoms with Crippen LogP contribution in [0, 0.1) is 0 Å². The van der Waals surface area contributed by atoms with Crippen molar-refractivity contribution < 1.29 is 14.7 Å². The lowest BCUT2D eigenvalue weighted by atomic mass is 10.2. The second kappa shape index (κ2) is 6.30. The summed E-state index contributed by atoms with van der Waals surface area (Å²) in [6.45, 7) is 0.103. The average molecular weight is 204 g/mol. The van der Waals surface area contributed by atoms with Crippen molar-refractivity contribution in [2.75, 3.05) is 13.1 Å². The van der Waals surface area contributed by atoms with Crippen molar-refractivity contribution >= 4 is 11.9 Å². The Bertz CT molecular complexity index is 209. The van der Waals surface area contributed by atoms with E-state index in [2.05, 4.69) is 5.32 Å². The zero-order chi connectivity index (χ0) is 11.1. The van der Waals surface area contributed by atoms with Gasteiger partial charge < -0.3 is 27.6 Å². The molecule has 0 bridgehead atoms. The normalized spacial score (nSPS) is 14.5. The molecular weight excluding hydrogens is 188 g/mol. The second-order valence-electron chi connectivity index (χ2n) is 2.82. The van der Waals surface area contributed by atoms with Gasteiger partial charge in [-0.25, -0.2) is 4.79 Å².